The Bertz CT molecular complexity index is 1650. The molecule has 2 N–H and O–H groups in total. The number of rotatable bonds is 12. The van der Waals surface area contributed by atoms with E-state index >= 15 is 0 Å². The maximum atomic E-state index is 15.0. The summed E-state index contributed by atoms with van der Waals surface area (Å²) in [5.41, 5.74) is -1.22. The van der Waals surface area contributed by atoms with Crippen molar-refractivity contribution in [2.75, 3.05) is 26.6 Å². The van der Waals surface area contributed by atoms with Crippen molar-refractivity contribution in [1.29, 1.82) is 0 Å². The number of carbonyl (C=O) groups is 5. The Morgan fingerprint density at radius 2 is 1.91 bits per heavy atom. The van der Waals surface area contributed by atoms with Crippen molar-refractivity contribution in [3.63, 3.8) is 0 Å². The molecule has 5 fully saturated rings. The van der Waals surface area contributed by atoms with Crippen molar-refractivity contribution < 1.29 is 70.8 Å². The molecule has 1 aliphatic carbocycles. The predicted molar refractivity (Wildman–Crippen MR) is 177 cm³/mol. The molecule has 4 heterocycles. The molecular formula is C36H44F3N3O12. The Morgan fingerprint density at radius 1 is 1.15 bits per heavy atom. The highest BCUT2D eigenvalue weighted by molar-refractivity contribution is 5.96. The smallest absolute Gasteiger partial charge is 0.422 e. The number of esters is 3. The van der Waals surface area contributed by atoms with E-state index in [0.29, 0.717) is 24.0 Å². The second-order valence-electron chi connectivity index (χ2n) is 15.1. The summed E-state index contributed by atoms with van der Waals surface area (Å²) in [4.78, 5) is 74.5. The topological polar surface area (TPSA) is 179 Å². The van der Waals surface area contributed by atoms with Crippen LogP contribution in [0.2, 0.25) is 0 Å². The van der Waals surface area contributed by atoms with Gasteiger partial charge in [0.1, 0.15) is 48.3 Å². The van der Waals surface area contributed by atoms with Crippen LogP contribution in [0.25, 0.3) is 6.08 Å². The van der Waals surface area contributed by atoms with Crippen molar-refractivity contribution >= 4 is 35.8 Å². The van der Waals surface area contributed by atoms with E-state index < -0.39 is 103 Å². The Labute approximate surface area is 308 Å². The highest BCUT2D eigenvalue weighted by atomic mass is 19.4. The number of hydrogen-bond donors (Lipinski definition) is 2. The van der Waals surface area contributed by atoms with Crippen molar-refractivity contribution in [3.05, 3.63) is 41.5 Å². The van der Waals surface area contributed by atoms with E-state index in [4.69, 9.17) is 23.8 Å². The predicted octanol–water partition coefficient (Wildman–Crippen LogP) is 1.94. The molecule has 0 spiro atoms. The largest absolute Gasteiger partial charge is 0.460 e. The maximum absolute atomic E-state index is 15.0. The van der Waals surface area contributed by atoms with Gasteiger partial charge in [-0.3, -0.25) is 24.0 Å². The van der Waals surface area contributed by atoms with E-state index in [1.54, 1.807) is 45.0 Å². The minimum atomic E-state index is -4.67. The minimum Gasteiger partial charge on any atom is -0.460 e. The normalized spacial score (nSPS) is 29.8. The van der Waals surface area contributed by atoms with Gasteiger partial charge in [0.2, 0.25) is 11.8 Å². The summed E-state index contributed by atoms with van der Waals surface area (Å²) < 4.78 is 64.4. The third-order valence-corrected chi connectivity index (χ3v) is 10.0. The van der Waals surface area contributed by atoms with Crippen LogP contribution in [0.4, 0.5) is 13.2 Å². The number of nitrogens with one attached hydrogen (secondary N) is 1. The maximum Gasteiger partial charge on any atom is 0.422 e. The van der Waals surface area contributed by atoms with Crippen molar-refractivity contribution in [3.8, 4) is 0 Å². The Kier molecular flexibility index (Phi) is 11.4. The van der Waals surface area contributed by atoms with E-state index in [1.165, 1.54) is 16.0 Å². The van der Waals surface area contributed by atoms with Crippen LogP contribution in [-0.2, 0) is 59.0 Å². The van der Waals surface area contributed by atoms with E-state index in [0.717, 1.165) is 6.08 Å². The van der Waals surface area contributed by atoms with Gasteiger partial charge in [-0.05, 0) is 57.2 Å². The molecule has 5 aliphatic rings. The highest BCUT2D eigenvalue weighted by Crippen LogP contribution is 2.56. The Morgan fingerprint density at radius 3 is 2.63 bits per heavy atom. The van der Waals surface area contributed by atoms with Gasteiger partial charge in [0.25, 0.3) is 0 Å². The first kappa shape index (κ1) is 39.6. The molecule has 15 nitrogen and oxygen atoms in total. The lowest BCUT2D eigenvalue weighted by Gasteiger charge is -2.50. The van der Waals surface area contributed by atoms with Gasteiger partial charge in [-0.25, -0.2) is 4.79 Å². The van der Waals surface area contributed by atoms with Gasteiger partial charge in [0.05, 0.1) is 19.2 Å². The number of halogens is 3. The lowest BCUT2D eigenvalue weighted by Crippen LogP contribution is -2.70. The van der Waals surface area contributed by atoms with Crippen LogP contribution in [0.3, 0.4) is 0 Å². The van der Waals surface area contributed by atoms with Crippen LogP contribution in [-0.4, -0.2) is 126 Å². The molecule has 4 saturated heterocycles. The monoisotopic (exact) mass is 767 g/mol. The van der Waals surface area contributed by atoms with Crippen LogP contribution >= 0.6 is 0 Å². The highest BCUT2D eigenvalue weighted by Gasteiger charge is 2.75. The van der Waals surface area contributed by atoms with Crippen LogP contribution in [0.1, 0.15) is 64.0 Å². The summed E-state index contributed by atoms with van der Waals surface area (Å²) in [5.74, 6) is -3.38. The molecule has 1 saturated carbocycles. The number of likely N-dealkylation sites (tertiary alicyclic amines) is 1. The van der Waals surface area contributed by atoms with Crippen LogP contribution in [0.15, 0.2) is 30.3 Å². The van der Waals surface area contributed by atoms with Crippen molar-refractivity contribution in [2.24, 2.45) is 5.41 Å². The molecule has 4 aliphatic heterocycles. The van der Waals surface area contributed by atoms with Gasteiger partial charge in [0.15, 0.2) is 12.6 Å². The molecule has 0 radical (unpaired) electrons. The Balaban J connectivity index is 1.21. The summed E-state index contributed by atoms with van der Waals surface area (Å²) in [5, 5.41) is 14.1. The fraction of sp³-hybridized carbons (Fsp3) is 0.639. The lowest BCUT2D eigenvalue weighted by molar-refractivity contribution is -0.204. The zero-order valence-electron chi connectivity index (χ0n) is 30.0. The fourth-order valence-electron chi connectivity index (χ4n) is 7.89. The van der Waals surface area contributed by atoms with Crippen LogP contribution in [0.5, 0.6) is 0 Å². The average molecular weight is 768 g/mol. The van der Waals surface area contributed by atoms with Crippen LogP contribution in [0, 0.1) is 5.41 Å². The molecule has 2 amide bonds. The van der Waals surface area contributed by atoms with Gasteiger partial charge in [-0.2, -0.15) is 18.2 Å². The summed E-state index contributed by atoms with van der Waals surface area (Å²) in [6.45, 7) is 3.09. The third kappa shape index (κ3) is 8.41. The standard InChI is InChI=1S/C36H44F3N3O12/c1-34(2,3)53-26(45)12-10-22(17-43)40-31(46)23-8-5-13-41(23)33(48)35-15-24-27-28(51-19-50-27)30(35)54-42(29(35)32(47)52-24)16-21-7-4-6-20(14-21)9-11-25(44)49-18-36(37,38)39/h4,6-7,9,11,14,22-24,27-30,43H,5,8,10,12-13,15-19H2,1-3H3,(H,40,46). The molecule has 6 rings (SSSR count). The molecular weight excluding hydrogens is 723 g/mol. The number of carbonyl (C=O) groups excluding carboxylic acids is 5. The SMILES string of the molecule is CC(C)(C)OC(=O)CCC(CO)NC(=O)C1CCCN1C(=O)C12CC3OC(=O)C1N(Cc1cccc(C=CC(=O)OCC(F)(F)F)c1)OC2C1OCOC31. The summed E-state index contributed by atoms with van der Waals surface area (Å²) in [6, 6.07) is 3.62. The molecule has 1 aromatic carbocycles. The lowest BCUT2D eigenvalue weighted by atomic mass is 9.62. The minimum absolute atomic E-state index is 0.0384. The molecule has 296 valence electrons. The molecule has 54 heavy (non-hydrogen) atoms. The number of fused-ring (bicyclic) bond motifs is 4. The first-order valence-electron chi connectivity index (χ1n) is 17.8. The summed E-state index contributed by atoms with van der Waals surface area (Å²) in [7, 11) is 0. The molecule has 0 aromatic heterocycles. The van der Waals surface area contributed by atoms with E-state index in [2.05, 4.69) is 10.1 Å². The van der Waals surface area contributed by atoms with E-state index in [1.807, 2.05) is 0 Å². The number of alkyl halides is 3. The second kappa shape index (κ2) is 15.6. The molecule has 8 unspecified atom stereocenters. The number of amides is 2. The van der Waals surface area contributed by atoms with Gasteiger partial charge >= 0.3 is 24.1 Å². The van der Waals surface area contributed by atoms with Gasteiger partial charge in [-0.15, -0.1) is 0 Å². The number of hydrogen-bond acceptors (Lipinski definition) is 13. The molecule has 1 aromatic rings. The van der Waals surface area contributed by atoms with Crippen molar-refractivity contribution in [2.45, 2.75) is 114 Å². The zero-order valence-corrected chi connectivity index (χ0v) is 30.0. The van der Waals surface area contributed by atoms with Gasteiger partial charge in [-0.1, -0.05) is 24.3 Å². The van der Waals surface area contributed by atoms with Gasteiger partial charge in [0, 0.05) is 25.5 Å². The summed E-state index contributed by atoms with van der Waals surface area (Å²) in [6.07, 6.45) is -4.90. The van der Waals surface area contributed by atoms with E-state index in [-0.39, 0.29) is 39.1 Å². The summed E-state index contributed by atoms with van der Waals surface area (Å²) >= 11 is 0. The zero-order chi connectivity index (χ0) is 39.0. The fourth-order valence-corrected chi connectivity index (χ4v) is 7.89. The number of hydroxylamine groups is 2. The first-order valence-corrected chi connectivity index (χ1v) is 17.8. The number of aliphatic hydroxyl groups excluding tert-OH is 1. The van der Waals surface area contributed by atoms with E-state index in [9.17, 15) is 42.3 Å². The second-order valence-corrected chi connectivity index (χ2v) is 15.1. The molecule has 8 atom stereocenters. The number of nitrogens with zero attached hydrogens (tertiary/aromatic N) is 2. The van der Waals surface area contributed by atoms with Crippen LogP contribution < -0.4 is 5.32 Å². The average Bonchev–Trinajstić information content (AvgIpc) is 3.86. The van der Waals surface area contributed by atoms with Crippen molar-refractivity contribution in [1.82, 2.24) is 15.3 Å². The Hall–Kier alpha value is -4.10. The number of aliphatic hydroxyl groups is 1. The number of benzene rings is 1. The third-order valence-electron chi connectivity index (χ3n) is 10.0. The van der Waals surface area contributed by atoms with Gasteiger partial charge < -0.3 is 39.0 Å². The molecule has 18 heteroatoms. The number of ether oxygens (including phenoxy) is 5. The quantitative estimate of drug-likeness (QED) is 0.179. The molecule has 2 bridgehead atoms. The first-order chi connectivity index (χ1) is 25.5.